The summed E-state index contributed by atoms with van der Waals surface area (Å²) in [5.74, 6) is 0.321. The Bertz CT molecular complexity index is 412. The Morgan fingerprint density at radius 1 is 1.00 bits per heavy atom. The third kappa shape index (κ3) is 2.81. The molecule has 0 aliphatic carbocycles. The Morgan fingerprint density at radius 2 is 1.47 bits per heavy atom. The van der Waals surface area contributed by atoms with Crippen LogP contribution in [-0.2, 0) is 10.8 Å². The first-order valence-corrected chi connectivity index (χ1v) is 6.05. The molecule has 0 aliphatic heterocycles. The molecule has 0 saturated carbocycles. The summed E-state index contributed by atoms with van der Waals surface area (Å²) in [4.78, 5) is 0. The molecule has 1 aromatic rings. The third-order valence-corrected chi connectivity index (χ3v) is 3.19. The number of aryl methyl sites for hydroxylation is 1. The fraction of sp³-hybridized carbons (Fsp3) is 0.600. The maximum atomic E-state index is 10.4. The molecular weight excluding hydrogens is 212 g/mol. The lowest BCUT2D eigenvalue weighted by molar-refractivity contribution is 0.215. The van der Waals surface area contributed by atoms with Crippen molar-refractivity contribution >= 4 is 0 Å². The molecule has 0 radical (unpaired) electrons. The first-order valence-electron chi connectivity index (χ1n) is 6.05. The van der Waals surface area contributed by atoms with Crippen LogP contribution in [0, 0.1) is 6.92 Å². The van der Waals surface area contributed by atoms with Gasteiger partial charge in [0, 0.05) is 11.0 Å². The molecule has 0 aliphatic rings. The predicted octanol–water partition coefficient (Wildman–Crippen LogP) is 3.27. The average molecular weight is 236 g/mol. The van der Waals surface area contributed by atoms with Crippen LogP contribution in [0.3, 0.4) is 0 Å². The van der Waals surface area contributed by atoms with E-state index in [1.165, 1.54) is 0 Å². The van der Waals surface area contributed by atoms with Crippen molar-refractivity contribution in [1.82, 2.24) is 0 Å². The first-order chi connectivity index (χ1) is 7.59. The number of aromatic hydroxyl groups is 1. The molecule has 0 aromatic heterocycles. The number of hydrogen-bond acceptors (Lipinski definition) is 2. The zero-order chi connectivity index (χ0) is 13.4. The molecule has 0 amide bonds. The van der Waals surface area contributed by atoms with Crippen LogP contribution in [0.2, 0.25) is 0 Å². The molecule has 2 heteroatoms. The molecule has 2 N–H and O–H groups in total. The molecule has 1 aromatic carbocycles. The molecule has 96 valence electrons. The summed E-state index contributed by atoms with van der Waals surface area (Å²) in [6, 6.07) is 3.98. The summed E-state index contributed by atoms with van der Waals surface area (Å²) in [6.07, 6.45) is 0. The lowest BCUT2D eigenvalue weighted by Gasteiger charge is -2.29. The van der Waals surface area contributed by atoms with E-state index in [-0.39, 0.29) is 12.0 Å². The van der Waals surface area contributed by atoms with E-state index in [0.29, 0.717) is 5.75 Å². The van der Waals surface area contributed by atoms with E-state index >= 15 is 0 Å². The van der Waals surface area contributed by atoms with Crippen LogP contribution in [0.5, 0.6) is 5.75 Å². The lowest BCUT2D eigenvalue weighted by Crippen LogP contribution is -2.24. The van der Waals surface area contributed by atoms with Crippen molar-refractivity contribution < 1.29 is 10.2 Å². The molecule has 0 atom stereocenters. The summed E-state index contributed by atoms with van der Waals surface area (Å²) in [5.41, 5.74) is 2.36. The summed E-state index contributed by atoms with van der Waals surface area (Å²) in [5, 5.41) is 19.8. The lowest BCUT2D eigenvalue weighted by atomic mass is 9.78. The van der Waals surface area contributed by atoms with Crippen molar-refractivity contribution in [3.05, 3.63) is 28.8 Å². The second-order valence-corrected chi connectivity index (χ2v) is 6.50. The number of aliphatic hydroxyl groups excluding tert-OH is 1. The van der Waals surface area contributed by atoms with Crippen LogP contribution in [0.1, 0.15) is 51.3 Å². The van der Waals surface area contributed by atoms with Gasteiger partial charge >= 0.3 is 0 Å². The van der Waals surface area contributed by atoms with Gasteiger partial charge < -0.3 is 10.2 Å². The molecule has 0 fully saturated rings. The summed E-state index contributed by atoms with van der Waals surface area (Å²) in [7, 11) is 0. The van der Waals surface area contributed by atoms with Gasteiger partial charge in [0.25, 0.3) is 0 Å². The smallest absolute Gasteiger partial charge is 0.123 e. The molecule has 17 heavy (non-hydrogen) atoms. The summed E-state index contributed by atoms with van der Waals surface area (Å²) in [6.45, 7) is 12.2. The Morgan fingerprint density at radius 3 is 1.88 bits per heavy atom. The monoisotopic (exact) mass is 236 g/mol. The zero-order valence-electron chi connectivity index (χ0n) is 11.8. The average Bonchev–Trinajstić information content (AvgIpc) is 2.19. The van der Waals surface area contributed by atoms with E-state index in [0.717, 1.165) is 16.7 Å². The fourth-order valence-corrected chi connectivity index (χ4v) is 1.95. The van der Waals surface area contributed by atoms with Crippen molar-refractivity contribution in [2.24, 2.45) is 0 Å². The summed E-state index contributed by atoms with van der Waals surface area (Å²) < 4.78 is 0. The number of phenols is 1. The van der Waals surface area contributed by atoms with Crippen molar-refractivity contribution in [2.45, 2.75) is 52.4 Å². The fourth-order valence-electron chi connectivity index (χ4n) is 1.95. The minimum Gasteiger partial charge on any atom is -0.507 e. The number of rotatable bonds is 2. The van der Waals surface area contributed by atoms with E-state index in [1.807, 2.05) is 32.9 Å². The van der Waals surface area contributed by atoms with Gasteiger partial charge in [-0.25, -0.2) is 0 Å². The van der Waals surface area contributed by atoms with E-state index in [9.17, 15) is 10.2 Å². The van der Waals surface area contributed by atoms with Gasteiger partial charge in [0.05, 0.1) is 6.61 Å². The second-order valence-electron chi connectivity index (χ2n) is 6.50. The highest BCUT2D eigenvalue weighted by Crippen LogP contribution is 2.39. The normalized spacial score (nSPS) is 12.9. The Labute approximate surface area is 104 Å². The van der Waals surface area contributed by atoms with Crippen LogP contribution < -0.4 is 0 Å². The van der Waals surface area contributed by atoms with Crippen molar-refractivity contribution in [3.63, 3.8) is 0 Å². The van der Waals surface area contributed by atoms with Crippen molar-refractivity contribution in [2.75, 3.05) is 6.61 Å². The van der Waals surface area contributed by atoms with Crippen LogP contribution in [-0.4, -0.2) is 16.8 Å². The molecule has 2 nitrogen and oxygen atoms in total. The van der Waals surface area contributed by atoms with Crippen LogP contribution >= 0.6 is 0 Å². The van der Waals surface area contributed by atoms with Crippen LogP contribution in [0.25, 0.3) is 0 Å². The van der Waals surface area contributed by atoms with Gasteiger partial charge in [0.15, 0.2) is 0 Å². The maximum absolute atomic E-state index is 10.4. The van der Waals surface area contributed by atoms with E-state index < -0.39 is 5.41 Å². The van der Waals surface area contributed by atoms with Gasteiger partial charge in [0.1, 0.15) is 5.75 Å². The Balaban J connectivity index is 3.50. The quantitative estimate of drug-likeness (QED) is 0.827. The minimum atomic E-state index is -0.421. The highest BCUT2D eigenvalue weighted by molar-refractivity contribution is 5.49. The molecule has 0 unspecified atom stereocenters. The third-order valence-electron chi connectivity index (χ3n) is 3.19. The van der Waals surface area contributed by atoms with Crippen molar-refractivity contribution in [3.8, 4) is 5.75 Å². The second kappa shape index (κ2) is 4.34. The van der Waals surface area contributed by atoms with Crippen LogP contribution in [0.15, 0.2) is 12.1 Å². The molecule has 0 spiro atoms. The largest absolute Gasteiger partial charge is 0.507 e. The highest BCUT2D eigenvalue weighted by atomic mass is 16.3. The number of phenolic OH excluding ortho intramolecular Hbond substituents is 1. The van der Waals surface area contributed by atoms with Crippen molar-refractivity contribution in [1.29, 1.82) is 0 Å². The van der Waals surface area contributed by atoms with Gasteiger partial charge in [0.2, 0.25) is 0 Å². The summed E-state index contributed by atoms with van der Waals surface area (Å²) >= 11 is 0. The maximum Gasteiger partial charge on any atom is 0.123 e. The molecule has 0 bridgehead atoms. The highest BCUT2D eigenvalue weighted by Gasteiger charge is 2.28. The van der Waals surface area contributed by atoms with Gasteiger partial charge in [-0.05, 0) is 17.9 Å². The van der Waals surface area contributed by atoms with E-state index in [2.05, 4.69) is 20.8 Å². The zero-order valence-corrected chi connectivity index (χ0v) is 11.8. The molecular formula is C15H24O2. The predicted molar refractivity (Wildman–Crippen MR) is 71.7 cm³/mol. The Kier molecular flexibility index (Phi) is 3.58. The number of hydrogen-bond donors (Lipinski definition) is 2. The van der Waals surface area contributed by atoms with Gasteiger partial charge in [-0.3, -0.25) is 0 Å². The molecule has 0 saturated heterocycles. The topological polar surface area (TPSA) is 40.5 Å². The number of aliphatic hydroxyl groups is 1. The number of benzene rings is 1. The van der Waals surface area contributed by atoms with Gasteiger partial charge in [-0.1, -0.05) is 52.3 Å². The van der Waals surface area contributed by atoms with Crippen LogP contribution in [0.4, 0.5) is 0 Å². The first kappa shape index (κ1) is 14.0. The SMILES string of the molecule is Cc1cc(C(C)(C)C)c(O)c(C(C)(C)CO)c1. The molecule has 0 heterocycles. The van der Waals surface area contributed by atoms with E-state index in [4.69, 9.17) is 0 Å². The van der Waals surface area contributed by atoms with Gasteiger partial charge in [-0.15, -0.1) is 0 Å². The minimum absolute atomic E-state index is 0.0214. The standard InChI is InChI=1S/C15H24O2/c1-10-7-11(14(2,3)4)13(17)12(8-10)15(5,6)9-16/h7-8,16-17H,9H2,1-6H3. The Hall–Kier alpha value is -1.02. The van der Waals surface area contributed by atoms with Gasteiger partial charge in [-0.2, -0.15) is 0 Å². The molecule has 1 rings (SSSR count). The van der Waals surface area contributed by atoms with E-state index in [1.54, 1.807) is 0 Å².